The van der Waals surface area contributed by atoms with E-state index >= 15 is 0 Å². The molecule has 0 atom stereocenters. The van der Waals surface area contributed by atoms with Crippen molar-refractivity contribution in [3.05, 3.63) is 22.9 Å². The Kier molecular flexibility index (Phi) is 6.05. The fourth-order valence-corrected chi connectivity index (χ4v) is 3.48. The Morgan fingerprint density at radius 1 is 1.35 bits per heavy atom. The van der Waals surface area contributed by atoms with Crippen molar-refractivity contribution in [2.45, 2.75) is 38.2 Å². The molecular formula is C18H23BrN4O3. The molecule has 3 rings (SSSR count). The first kappa shape index (κ1) is 19.0. The molecule has 0 aromatic carbocycles. The lowest BCUT2D eigenvalue weighted by Gasteiger charge is -2.24. The average Bonchev–Trinajstić information content (AvgIpc) is 3.05. The van der Waals surface area contributed by atoms with Crippen LogP contribution in [0.5, 0.6) is 0 Å². The maximum atomic E-state index is 12.1. The number of aromatic nitrogens is 2. The molecule has 0 spiro atoms. The number of halogens is 1. The molecule has 0 bridgehead atoms. The summed E-state index contributed by atoms with van der Waals surface area (Å²) in [6.45, 7) is 2.68. The summed E-state index contributed by atoms with van der Waals surface area (Å²) in [5.41, 5.74) is 1.80. The summed E-state index contributed by atoms with van der Waals surface area (Å²) in [4.78, 5) is 20.9. The molecule has 3 N–H and O–H groups in total. The second-order valence-electron chi connectivity index (χ2n) is 6.54. The number of nitrogens with one attached hydrogen (secondary N) is 2. The fraction of sp³-hybridized carbons (Fsp3) is 0.500. The van der Waals surface area contributed by atoms with E-state index in [1.54, 1.807) is 12.4 Å². The smallest absolute Gasteiger partial charge is 0.250 e. The van der Waals surface area contributed by atoms with E-state index in [2.05, 4.69) is 36.5 Å². The van der Waals surface area contributed by atoms with Gasteiger partial charge in [0.05, 0.1) is 28.7 Å². The lowest BCUT2D eigenvalue weighted by Crippen LogP contribution is -2.34. The predicted octanol–water partition coefficient (Wildman–Crippen LogP) is 3.08. The maximum absolute atomic E-state index is 12.1. The van der Waals surface area contributed by atoms with E-state index in [1.165, 1.54) is 0 Å². The topological polar surface area (TPSA) is 96.4 Å². The number of carbonyl (C=O) groups is 1. The first-order chi connectivity index (χ1) is 12.5. The number of amides is 1. The Morgan fingerprint density at radius 2 is 2.12 bits per heavy atom. The minimum atomic E-state index is -0.725. The van der Waals surface area contributed by atoms with Gasteiger partial charge in [-0.2, -0.15) is 0 Å². The normalized spacial score (nSPS) is 16.0. The minimum absolute atomic E-state index is 0.0221. The molecule has 140 valence electrons. The molecule has 26 heavy (non-hydrogen) atoms. The van der Waals surface area contributed by atoms with Crippen LogP contribution in [0.1, 0.15) is 32.6 Å². The number of ether oxygens (including phenoxy) is 1. The second kappa shape index (κ2) is 8.28. The molecule has 2 heterocycles. The van der Waals surface area contributed by atoms with Gasteiger partial charge in [-0.15, -0.1) is 0 Å². The molecule has 1 fully saturated rings. The van der Waals surface area contributed by atoms with Gasteiger partial charge in [0.1, 0.15) is 12.1 Å². The highest BCUT2D eigenvalue weighted by atomic mass is 79.9. The molecule has 2 aromatic heterocycles. The van der Waals surface area contributed by atoms with Crippen LogP contribution in [0.2, 0.25) is 0 Å². The predicted molar refractivity (Wildman–Crippen MR) is 104 cm³/mol. The van der Waals surface area contributed by atoms with Crippen LogP contribution < -0.4 is 10.6 Å². The lowest BCUT2D eigenvalue weighted by molar-refractivity contribution is -0.120. The third kappa shape index (κ3) is 4.49. The highest BCUT2D eigenvalue weighted by Gasteiger charge is 2.31. The number of carbonyl (C=O) groups excluding carboxylic acids is 1. The quantitative estimate of drug-likeness (QED) is 0.634. The Morgan fingerprint density at radius 3 is 2.85 bits per heavy atom. The molecular weight excluding hydrogens is 400 g/mol. The third-order valence-electron chi connectivity index (χ3n) is 4.51. The largest absolute Gasteiger partial charge is 0.388 e. The zero-order chi connectivity index (χ0) is 18.6. The summed E-state index contributed by atoms with van der Waals surface area (Å²) in [7, 11) is 0. The Hall–Kier alpha value is -1.77. The summed E-state index contributed by atoms with van der Waals surface area (Å²) < 4.78 is 5.98. The van der Waals surface area contributed by atoms with Gasteiger partial charge in [-0.1, -0.05) is 12.8 Å². The van der Waals surface area contributed by atoms with E-state index < -0.39 is 5.60 Å². The van der Waals surface area contributed by atoms with Crippen LogP contribution >= 0.6 is 15.9 Å². The number of fused-ring (bicyclic) bond motifs is 1. The molecule has 0 radical (unpaired) electrons. The van der Waals surface area contributed by atoms with Gasteiger partial charge in [-0.3, -0.25) is 14.8 Å². The van der Waals surface area contributed by atoms with Gasteiger partial charge in [0.25, 0.3) is 0 Å². The minimum Gasteiger partial charge on any atom is -0.388 e. The highest BCUT2D eigenvalue weighted by molar-refractivity contribution is 9.10. The van der Waals surface area contributed by atoms with E-state index in [0.717, 1.165) is 30.2 Å². The van der Waals surface area contributed by atoms with Crippen LogP contribution in [0, 0.1) is 0 Å². The maximum Gasteiger partial charge on any atom is 0.250 e. The van der Waals surface area contributed by atoms with Gasteiger partial charge in [0.15, 0.2) is 0 Å². The van der Waals surface area contributed by atoms with E-state index in [-0.39, 0.29) is 12.5 Å². The molecule has 1 aliphatic carbocycles. The second-order valence-corrected chi connectivity index (χ2v) is 7.45. The Labute approximate surface area is 160 Å². The number of pyridine rings is 2. The standard InChI is InChI=1S/C18H23BrN4O3/c1-2-26-10-15(24)23-14-9-20-13-7-12(19)8-21-16(13)17(14)22-11-18(25)5-3-4-6-18/h7-9,25H,2-6,10-11H2,1H3,(H,20,22)(H,23,24). The van der Waals surface area contributed by atoms with Gasteiger partial charge < -0.3 is 20.5 Å². The monoisotopic (exact) mass is 422 g/mol. The van der Waals surface area contributed by atoms with Gasteiger partial charge in [0, 0.05) is 23.8 Å². The van der Waals surface area contributed by atoms with Crippen LogP contribution in [0.4, 0.5) is 11.4 Å². The van der Waals surface area contributed by atoms with Crippen molar-refractivity contribution < 1.29 is 14.6 Å². The zero-order valence-corrected chi connectivity index (χ0v) is 16.3. The van der Waals surface area contributed by atoms with Gasteiger partial charge in [-0.05, 0) is 41.8 Å². The number of rotatable bonds is 7. The summed E-state index contributed by atoms with van der Waals surface area (Å²) in [5, 5.41) is 16.8. The van der Waals surface area contributed by atoms with E-state index in [1.807, 2.05) is 13.0 Å². The average molecular weight is 423 g/mol. The van der Waals surface area contributed by atoms with Crippen LogP contribution in [0.3, 0.4) is 0 Å². The summed E-state index contributed by atoms with van der Waals surface area (Å²) in [5.74, 6) is -0.257. The first-order valence-electron chi connectivity index (χ1n) is 8.79. The molecule has 2 aromatic rings. The van der Waals surface area contributed by atoms with Crippen molar-refractivity contribution in [1.29, 1.82) is 0 Å². The van der Waals surface area contributed by atoms with Crippen molar-refractivity contribution in [3.63, 3.8) is 0 Å². The Balaban J connectivity index is 1.89. The highest BCUT2D eigenvalue weighted by Crippen LogP contribution is 2.33. The fourth-order valence-electron chi connectivity index (χ4n) is 3.16. The third-order valence-corrected chi connectivity index (χ3v) is 4.95. The number of hydrogen-bond acceptors (Lipinski definition) is 6. The van der Waals surface area contributed by atoms with Crippen LogP contribution in [-0.4, -0.2) is 46.3 Å². The lowest BCUT2D eigenvalue weighted by atomic mass is 10.0. The molecule has 7 nitrogen and oxygen atoms in total. The number of hydrogen-bond donors (Lipinski definition) is 3. The SMILES string of the molecule is CCOCC(=O)Nc1cnc2cc(Br)cnc2c1NCC1(O)CCCC1. The number of aliphatic hydroxyl groups is 1. The van der Waals surface area contributed by atoms with E-state index in [4.69, 9.17) is 4.74 Å². The Bertz CT molecular complexity index is 793. The summed E-state index contributed by atoms with van der Waals surface area (Å²) in [6, 6.07) is 1.86. The van der Waals surface area contributed by atoms with Crippen molar-refractivity contribution >= 4 is 44.2 Å². The molecule has 1 saturated carbocycles. The molecule has 0 saturated heterocycles. The van der Waals surface area contributed by atoms with E-state index in [9.17, 15) is 9.90 Å². The molecule has 8 heteroatoms. The van der Waals surface area contributed by atoms with Gasteiger partial charge >= 0.3 is 0 Å². The zero-order valence-electron chi connectivity index (χ0n) is 14.7. The number of nitrogens with zero attached hydrogens (tertiary/aromatic N) is 2. The summed E-state index contributed by atoms with van der Waals surface area (Å²) in [6.07, 6.45) is 6.88. The van der Waals surface area contributed by atoms with Crippen LogP contribution in [-0.2, 0) is 9.53 Å². The van der Waals surface area contributed by atoms with Gasteiger partial charge in [-0.25, -0.2) is 0 Å². The van der Waals surface area contributed by atoms with Crippen LogP contribution in [0.25, 0.3) is 11.0 Å². The van der Waals surface area contributed by atoms with Gasteiger partial charge in [0.2, 0.25) is 5.91 Å². The van der Waals surface area contributed by atoms with E-state index in [0.29, 0.717) is 35.6 Å². The van der Waals surface area contributed by atoms with Crippen molar-refractivity contribution in [2.24, 2.45) is 0 Å². The van der Waals surface area contributed by atoms with Crippen molar-refractivity contribution in [1.82, 2.24) is 9.97 Å². The van der Waals surface area contributed by atoms with Crippen molar-refractivity contribution in [3.8, 4) is 0 Å². The molecule has 1 aliphatic rings. The molecule has 1 amide bonds. The molecule has 0 aliphatic heterocycles. The first-order valence-corrected chi connectivity index (χ1v) is 9.58. The number of anilines is 2. The summed E-state index contributed by atoms with van der Waals surface area (Å²) >= 11 is 3.40. The van der Waals surface area contributed by atoms with Crippen molar-refractivity contribution in [2.75, 3.05) is 30.4 Å². The van der Waals surface area contributed by atoms with Crippen LogP contribution in [0.15, 0.2) is 22.9 Å². The molecule has 0 unspecified atom stereocenters.